The van der Waals surface area contributed by atoms with E-state index in [0.29, 0.717) is 24.5 Å². The molecule has 0 unspecified atom stereocenters. The fourth-order valence-electron chi connectivity index (χ4n) is 2.58. The fourth-order valence-corrected chi connectivity index (χ4v) is 2.80. The lowest BCUT2D eigenvalue weighted by molar-refractivity contribution is -0.134. The molecular formula is C15H21ClN2O. The van der Waals surface area contributed by atoms with Gasteiger partial charge in [0, 0.05) is 25.0 Å². The van der Waals surface area contributed by atoms with Gasteiger partial charge in [0.1, 0.15) is 0 Å². The lowest BCUT2D eigenvalue weighted by Gasteiger charge is -2.41. The van der Waals surface area contributed by atoms with Crippen LogP contribution in [0.25, 0.3) is 0 Å². The molecule has 1 aliphatic carbocycles. The summed E-state index contributed by atoms with van der Waals surface area (Å²) in [5.74, 6) is 0.171. The fraction of sp³-hybridized carbons (Fsp3) is 0.533. The van der Waals surface area contributed by atoms with Crippen molar-refractivity contribution in [1.29, 1.82) is 0 Å². The van der Waals surface area contributed by atoms with Crippen LogP contribution in [0.4, 0.5) is 0 Å². The molecule has 19 heavy (non-hydrogen) atoms. The molecule has 104 valence electrons. The summed E-state index contributed by atoms with van der Waals surface area (Å²) >= 11 is 5.95. The highest BCUT2D eigenvalue weighted by atomic mass is 35.5. The van der Waals surface area contributed by atoms with E-state index < -0.39 is 0 Å². The maximum atomic E-state index is 12.2. The first kappa shape index (κ1) is 14.4. The normalized spacial score (nSPS) is 16.8. The molecule has 2 rings (SSSR count). The van der Waals surface area contributed by atoms with Gasteiger partial charge < -0.3 is 10.6 Å². The molecule has 2 N–H and O–H groups in total. The first-order chi connectivity index (χ1) is 9.04. The Balaban J connectivity index is 1.92. The van der Waals surface area contributed by atoms with E-state index in [4.69, 9.17) is 17.3 Å². The Morgan fingerprint density at radius 1 is 1.47 bits per heavy atom. The quantitative estimate of drug-likeness (QED) is 0.901. The average Bonchev–Trinajstić information content (AvgIpc) is 2.33. The van der Waals surface area contributed by atoms with Crippen molar-refractivity contribution in [3.8, 4) is 0 Å². The molecule has 1 aromatic rings. The molecule has 0 saturated heterocycles. The zero-order valence-electron chi connectivity index (χ0n) is 11.4. The minimum Gasteiger partial charge on any atom is -0.341 e. The smallest absolute Gasteiger partial charge is 0.223 e. The number of nitrogens with two attached hydrogens (primary N) is 1. The van der Waals surface area contributed by atoms with Crippen LogP contribution in [0.2, 0.25) is 5.02 Å². The molecule has 0 aromatic heterocycles. The van der Waals surface area contributed by atoms with E-state index in [1.165, 1.54) is 6.42 Å². The largest absolute Gasteiger partial charge is 0.341 e. The topological polar surface area (TPSA) is 46.3 Å². The number of amides is 1. The zero-order valence-corrected chi connectivity index (χ0v) is 12.1. The van der Waals surface area contributed by atoms with Gasteiger partial charge in [-0.25, -0.2) is 0 Å². The van der Waals surface area contributed by atoms with Crippen molar-refractivity contribution < 1.29 is 4.79 Å². The second-order valence-electron chi connectivity index (χ2n) is 5.61. The van der Waals surface area contributed by atoms with Gasteiger partial charge in [-0.05, 0) is 42.5 Å². The van der Waals surface area contributed by atoms with Crippen LogP contribution in [0.15, 0.2) is 24.3 Å². The van der Waals surface area contributed by atoms with Crippen molar-refractivity contribution >= 4 is 17.5 Å². The van der Waals surface area contributed by atoms with E-state index in [-0.39, 0.29) is 11.3 Å². The predicted molar refractivity (Wildman–Crippen MR) is 77.9 cm³/mol. The Morgan fingerprint density at radius 2 is 2.21 bits per heavy atom. The molecule has 3 nitrogen and oxygen atoms in total. The van der Waals surface area contributed by atoms with Crippen molar-refractivity contribution in [3.05, 3.63) is 34.9 Å². The molecule has 0 atom stereocenters. The van der Waals surface area contributed by atoms with Crippen molar-refractivity contribution in [2.24, 2.45) is 11.1 Å². The number of hydrogen-bond donors (Lipinski definition) is 1. The van der Waals surface area contributed by atoms with Crippen LogP contribution in [-0.2, 0) is 11.3 Å². The van der Waals surface area contributed by atoms with Crippen molar-refractivity contribution in [1.82, 2.24) is 4.90 Å². The van der Waals surface area contributed by atoms with E-state index in [0.717, 1.165) is 18.4 Å². The van der Waals surface area contributed by atoms with Crippen LogP contribution in [0, 0.1) is 5.41 Å². The molecule has 0 heterocycles. The van der Waals surface area contributed by atoms with Gasteiger partial charge in [0.25, 0.3) is 0 Å². The molecule has 0 bridgehead atoms. The molecule has 0 aliphatic heterocycles. The Kier molecular flexibility index (Phi) is 4.48. The highest BCUT2D eigenvalue weighted by Gasteiger charge is 2.38. The molecular weight excluding hydrogens is 260 g/mol. The van der Waals surface area contributed by atoms with Gasteiger partial charge in [0.15, 0.2) is 0 Å². The third-order valence-electron chi connectivity index (χ3n) is 4.11. The SMILES string of the molecule is CN(Cc1cccc(Cl)c1)C(=O)CC1(CN)CCC1. The summed E-state index contributed by atoms with van der Waals surface area (Å²) in [6.07, 6.45) is 3.93. The van der Waals surface area contributed by atoms with E-state index in [1.54, 1.807) is 4.90 Å². The lowest BCUT2D eigenvalue weighted by atomic mass is 9.66. The van der Waals surface area contributed by atoms with Crippen LogP contribution >= 0.6 is 11.6 Å². The molecule has 0 spiro atoms. The number of benzene rings is 1. The highest BCUT2D eigenvalue weighted by molar-refractivity contribution is 6.30. The van der Waals surface area contributed by atoms with Crippen molar-refractivity contribution in [3.63, 3.8) is 0 Å². The standard InChI is InChI=1S/C15H21ClN2O/c1-18(10-12-4-2-5-13(16)8-12)14(19)9-15(11-17)6-3-7-15/h2,4-5,8H,3,6-7,9-11,17H2,1H3. The summed E-state index contributed by atoms with van der Waals surface area (Å²) in [5.41, 5.74) is 6.93. The summed E-state index contributed by atoms with van der Waals surface area (Å²) in [6, 6.07) is 7.62. The van der Waals surface area contributed by atoms with Crippen molar-refractivity contribution in [2.75, 3.05) is 13.6 Å². The van der Waals surface area contributed by atoms with Gasteiger partial charge in [0.2, 0.25) is 5.91 Å². The second kappa shape index (κ2) is 5.93. The molecule has 1 amide bonds. The van der Waals surface area contributed by atoms with Crippen LogP contribution in [0.5, 0.6) is 0 Å². The predicted octanol–water partition coefficient (Wildman–Crippen LogP) is 2.82. The van der Waals surface area contributed by atoms with E-state index in [2.05, 4.69) is 0 Å². The summed E-state index contributed by atoms with van der Waals surface area (Å²) in [4.78, 5) is 14.0. The van der Waals surface area contributed by atoms with E-state index in [1.807, 2.05) is 31.3 Å². The van der Waals surface area contributed by atoms with Gasteiger partial charge >= 0.3 is 0 Å². The molecule has 1 aromatic carbocycles. The van der Waals surface area contributed by atoms with E-state index >= 15 is 0 Å². The molecule has 4 heteroatoms. The first-order valence-corrected chi connectivity index (χ1v) is 7.11. The average molecular weight is 281 g/mol. The van der Waals surface area contributed by atoms with Gasteiger partial charge in [0.05, 0.1) is 0 Å². The van der Waals surface area contributed by atoms with Crippen LogP contribution in [-0.4, -0.2) is 24.4 Å². The van der Waals surface area contributed by atoms with Crippen LogP contribution < -0.4 is 5.73 Å². The molecule has 1 fully saturated rings. The minimum absolute atomic E-state index is 0.0691. The second-order valence-corrected chi connectivity index (χ2v) is 6.05. The van der Waals surface area contributed by atoms with E-state index in [9.17, 15) is 4.79 Å². The number of halogens is 1. The Hall–Kier alpha value is -1.06. The van der Waals surface area contributed by atoms with Gasteiger partial charge in [-0.1, -0.05) is 30.2 Å². The Labute approximate surface area is 119 Å². The minimum atomic E-state index is 0.0691. The number of carbonyl (C=O) groups excluding carboxylic acids is 1. The summed E-state index contributed by atoms with van der Waals surface area (Å²) in [5, 5.41) is 0.704. The number of rotatable bonds is 5. The highest BCUT2D eigenvalue weighted by Crippen LogP contribution is 2.43. The molecule has 0 radical (unpaired) electrons. The maximum Gasteiger partial charge on any atom is 0.223 e. The lowest BCUT2D eigenvalue weighted by Crippen LogP contribution is -2.42. The zero-order chi connectivity index (χ0) is 13.9. The maximum absolute atomic E-state index is 12.2. The van der Waals surface area contributed by atoms with Crippen molar-refractivity contribution in [2.45, 2.75) is 32.2 Å². The van der Waals surface area contributed by atoms with Crippen LogP contribution in [0.1, 0.15) is 31.2 Å². The first-order valence-electron chi connectivity index (χ1n) is 6.73. The third-order valence-corrected chi connectivity index (χ3v) is 4.34. The Bertz CT molecular complexity index is 452. The number of nitrogens with zero attached hydrogens (tertiary/aromatic N) is 1. The third kappa shape index (κ3) is 3.48. The summed E-state index contributed by atoms with van der Waals surface area (Å²) in [7, 11) is 1.84. The number of carbonyl (C=O) groups is 1. The Morgan fingerprint density at radius 3 is 2.74 bits per heavy atom. The number of hydrogen-bond acceptors (Lipinski definition) is 2. The molecule has 1 saturated carbocycles. The van der Waals surface area contributed by atoms with Gasteiger partial charge in [-0.2, -0.15) is 0 Å². The summed E-state index contributed by atoms with van der Waals surface area (Å²) in [6.45, 7) is 1.21. The van der Waals surface area contributed by atoms with Gasteiger partial charge in [-0.15, -0.1) is 0 Å². The van der Waals surface area contributed by atoms with Crippen LogP contribution in [0.3, 0.4) is 0 Å². The monoisotopic (exact) mass is 280 g/mol. The molecule has 1 aliphatic rings. The van der Waals surface area contributed by atoms with Gasteiger partial charge in [-0.3, -0.25) is 4.79 Å². The summed E-state index contributed by atoms with van der Waals surface area (Å²) < 4.78 is 0.